The van der Waals surface area contributed by atoms with Gasteiger partial charge in [0.2, 0.25) is 0 Å². The van der Waals surface area contributed by atoms with Crippen LogP contribution in [-0.2, 0) is 0 Å². The summed E-state index contributed by atoms with van der Waals surface area (Å²) < 4.78 is 0.933. The van der Waals surface area contributed by atoms with Crippen LogP contribution < -0.4 is 0 Å². The molecule has 0 fully saturated rings. The number of hydrogen-bond donors (Lipinski definition) is 3. The third kappa shape index (κ3) is 3.43. The van der Waals surface area contributed by atoms with Gasteiger partial charge in [-0.2, -0.15) is 5.10 Å². The number of carbonyl (C=O) groups excluding carboxylic acids is 1. The number of aryl methyl sites for hydroxylation is 1. The zero-order valence-corrected chi connectivity index (χ0v) is 18.0. The fourth-order valence-electron chi connectivity index (χ4n) is 3.72. The molecule has 0 saturated carbocycles. The van der Waals surface area contributed by atoms with Crippen LogP contribution in [0.3, 0.4) is 0 Å². The average Bonchev–Trinajstić information content (AvgIpc) is 3.23. The summed E-state index contributed by atoms with van der Waals surface area (Å²) in [6.07, 6.45) is 0.466. The number of phenolic OH excluding ortho intramolecular Hbond substituents is 1. The van der Waals surface area contributed by atoms with Gasteiger partial charge in [-0.25, -0.2) is 0 Å². The molecule has 1 amide bonds. The first kappa shape index (κ1) is 19.9. The molecule has 2 aromatic carbocycles. The van der Waals surface area contributed by atoms with Gasteiger partial charge < -0.3 is 15.1 Å². The van der Waals surface area contributed by atoms with Crippen LogP contribution in [-0.4, -0.2) is 44.4 Å². The molecule has 0 spiro atoms. The molecule has 0 bridgehead atoms. The summed E-state index contributed by atoms with van der Waals surface area (Å²) in [6.45, 7) is 2.20. The lowest BCUT2D eigenvalue weighted by atomic mass is 9.95. The Morgan fingerprint density at radius 2 is 2.00 bits per heavy atom. The Hall–Kier alpha value is -2.35. The lowest BCUT2D eigenvalue weighted by molar-refractivity contribution is 0.0732. The Balaban J connectivity index is 1.89. The molecule has 1 aliphatic heterocycles. The van der Waals surface area contributed by atoms with Gasteiger partial charge in [-0.05, 0) is 48.7 Å². The number of phenols is 1. The van der Waals surface area contributed by atoms with E-state index in [-0.39, 0.29) is 24.3 Å². The van der Waals surface area contributed by atoms with E-state index in [0.29, 0.717) is 40.5 Å². The molecule has 150 valence electrons. The Bertz CT molecular complexity index is 1080. The molecule has 1 aliphatic rings. The van der Waals surface area contributed by atoms with Crippen LogP contribution in [0.1, 0.15) is 39.6 Å². The highest BCUT2D eigenvalue weighted by Gasteiger charge is 2.42. The second kappa shape index (κ2) is 7.82. The van der Waals surface area contributed by atoms with Crippen molar-refractivity contribution in [3.8, 4) is 17.0 Å². The molecule has 0 radical (unpaired) electrons. The quantitative estimate of drug-likeness (QED) is 0.508. The van der Waals surface area contributed by atoms with Gasteiger partial charge in [0, 0.05) is 33.8 Å². The summed E-state index contributed by atoms with van der Waals surface area (Å²) in [7, 11) is 0. The molecule has 3 N–H and O–H groups in total. The number of aromatic hydroxyl groups is 1. The zero-order valence-electron chi connectivity index (χ0n) is 15.6. The predicted octanol–water partition coefficient (Wildman–Crippen LogP) is 4.43. The number of benzene rings is 2. The maximum absolute atomic E-state index is 13.1. The van der Waals surface area contributed by atoms with Gasteiger partial charge in [-0.15, -0.1) is 0 Å². The maximum Gasteiger partial charge on any atom is 0.273 e. The molecular weight excluding hydrogens is 458 g/mol. The van der Waals surface area contributed by atoms with E-state index in [2.05, 4.69) is 26.1 Å². The zero-order chi connectivity index (χ0) is 20.7. The van der Waals surface area contributed by atoms with Crippen LogP contribution in [0.25, 0.3) is 11.3 Å². The number of rotatable bonds is 5. The Labute approximate surface area is 181 Å². The average molecular weight is 477 g/mol. The molecule has 1 aromatic heterocycles. The topological polar surface area (TPSA) is 89.5 Å². The number of aromatic amines is 1. The van der Waals surface area contributed by atoms with Gasteiger partial charge >= 0.3 is 0 Å². The number of aliphatic hydroxyl groups excluding tert-OH is 1. The monoisotopic (exact) mass is 475 g/mol. The van der Waals surface area contributed by atoms with E-state index >= 15 is 0 Å². The summed E-state index contributed by atoms with van der Waals surface area (Å²) >= 11 is 9.73. The summed E-state index contributed by atoms with van der Waals surface area (Å²) in [4.78, 5) is 14.8. The minimum absolute atomic E-state index is 0.00968. The van der Waals surface area contributed by atoms with Gasteiger partial charge in [-0.1, -0.05) is 39.7 Å². The van der Waals surface area contributed by atoms with Gasteiger partial charge in [-0.3, -0.25) is 9.89 Å². The molecule has 4 rings (SSSR count). The second-order valence-electron chi connectivity index (χ2n) is 7.01. The van der Waals surface area contributed by atoms with E-state index in [1.54, 1.807) is 17.0 Å². The van der Waals surface area contributed by atoms with Crippen molar-refractivity contribution < 1.29 is 15.0 Å². The molecule has 29 heavy (non-hydrogen) atoms. The number of amides is 1. The fraction of sp³-hybridized carbons (Fsp3) is 0.238. The molecule has 3 aromatic rings. The van der Waals surface area contributed by atoms with Gasteiger partial charge in [0.15, 0.2) is 0 Å². The highest BCUT2D eigenvalue weighted by molar-refractivity contribution is 9.10. The first-order valence-corrected chi connectivity index (χ1v) is 10.3. The number of fused-ring (bicyclic) bond motifs is 1. The van der Waals surface area contributed by atoms with Crippen LogP contribution >= 0.6 is 27.5 Å². The van der Waals surface area contributed by atoms with Crippen LogP contribution in [0.4, 0.5) is 0 Å². The number of aromatic nitrogens is 2. The summed E-state index contributed by atoms with van der Waals surface area (Å²) in [5, 5.41) is 27.5. The molecule has 0 aliphatic carbocycles. The molecule has 6 nitrogen and oxygen atoms in total. The van der Waals surface area contributed by atoms with Crippen molar-refractivity contribution in [3.05, 3.63) is 68.3 Å². The number of aliphatic hydroxyl groups is 1. The van der Waals surface area contributed by atoms with Crippen molar-refractivity contribution in [2.24, 2.45) is 0 Å². The summed E-state index contributed by atoms with van der Waals surface area (Å²) in [5.41, 5.74) is 3.72. The van der Waals surface area contributed by atoms with Crippen LogP contribution in [0.2, 0.25) is 5.02 Å². The number of carbonyl (C=O) groups is 1. The van der Waals surface area contributed by atoms with E-state index in [0.717, 1.165) is 15.6 Å². The third-order valence-electron chi connectivity index (χ3n) is 5.14. The van der Waals surface area contributed by atoms with Crippen molar-refractivity contribution in [3.63, 3.8) is 0 Å². The van der Waals surface area contributed by atoms with Gasteiger partial charge in [0.05, 0.1) is 6.04 Å². The van der Waals surface area contributed by atoms with Crippen LogP contribution in [0.15, 0.2) is 40.9 Å². The SMILES string of the molecule is Cc1cc(O)c(-c2n[nH]c3c2C(c2ccc(Br)cc2)N(CCCO)C3=O)cc1Cl. The van der Waals surface area contributed by atoms with E-state index in [4.69, 9.17) is 11.6 Å². The first-order chi connectivity index (χ1) is 13.9. The third-order valence-corrected chi connectivity index (χ3v) is 6.07. The molecule has 0 saturated heterocycles. The van der Waals surface area contributed by atoms with Gasteiger partial charge in [0.1, 0.15) is 17.1 Å². The number of hydrogen-bond acceptors (Lipinski definition) is 4. The number of halogens is 2. The number of nitrogens with zero attached hydrogens (tertiary/aromatic N) is 2. The lowest BCUT2D eigenvalue weighted by Crippen LogP contribution is -2.31. The Morgan fingerprint density at radius 3 is 2.69 bits per heavy atom. The molecular formula is C21H19BrClN3O3. The Morgan fingerprint density at radius 1 is 1.28 bits per heavy atom. The molecule has 1 atom stereocenters. The number of nitrogens with one attached hydrogen (secondary N) is 1. The molecule has 8 heteroatoms. The van der Waals surface area contributed by atoms with Crippen molar-refractivity contribution >= 4 is 33.4 Å². The normalized spacial score (nSPS) is 15.8. The van der Waals surface area contributed by atoms with E-state index in [1.807, 2.05) is 31.2 Å². The van der Waals surface area contributed by atoms with Crippen molar-refractivity contribution in [2.75, 3.05) is 13.2 Å². The minimum atomic E-state index is -0.384. The highest BCUT2D eigenvalue weighted by Crippen LogP contribution is 2.45. The lowest BCUT2D eigenvalue weighted by Gasteiger charge is -2.26. The van der Waals surface area contributed by atoms with E-state index in [1.165, 1.54) is 0 Å². The highest BCUT2D eigenvalue weighted by atomic mass is 79.9. The smallest absolute Gasteiger partial charge is 0.273 e. The second-order valence-corrected chi connectivity index (χ2v) is 8.33. The van der Waals surface area contributed by atoms with Crippen molar-refractivity contribution in [1.82, 2.24) is 15.1 Å². The van der Waals surface area contributed by atoms with E-state index in [9.17, 15) is 15.0 Å². The van der Waals surface area contributed by atoms with Crippen molar-refractivity contribution in [1.29, 1.82) is 0 Å². The van der Waals surface area contributed by atoms with Crippen LogP contribution in [0.5, 0.6) is 5.75 Å². The standard InChI is InChI=1S/C21H19BrClN3O3/c1-11-9-16(28)14(10-15(11)23)18-17-19(25-24-18)21(29)26(7-2-8-27)20(17)12-3-5-13(22)6-4-12/h3-6,9-10,20,27-28H,2,7-8H2,1H3,(H,24,25). The first-order valence-electron chi connectivity index (χ1n) is 9.17. The number of H-pyrrole nitrogens is 1. The van der Waals surface area contributed by atoms with Crippen molar-refractivity contribution in [2.45, 2.75) is 19.4 Å². The van der Waals surface area contributed by atoms with E-state index < -0.39 is 0 Å². The maximum atomic E-state index is 13.1. The summed E-state index contributed by atoms with van der Waals surface area (Å²) in [5.74, 6) is -0.130. The minimum Gasteiger partial charge on any atom is -0.507 e. The predicted molar refractivity (Wildman–Crippen MR) is 114 cm³/mol. The largest absolute Gasteiger partial charge is 0.507 e. The molecule has 2 heterocycles. The fourth-order valence-corrected chi connectivity index (χ4v) is 4.15. The van der Waals surface area contributed by atoms with Crippen LogP contribution in [0, 0.1) is 6.92 Å². The summed E-state index contributed by atoms with van der Waals surface area (Å²) in [6, 6.07) is 10.6. The van der Waals surface area contributed by atoms with Gasteiger partial charge in [0.25, 0.3) is 5.91 Å². The Kier molecular flexibility index (Phi) is 5.38. The molecule has 1 unspecified atom stereocenters.